The van der Waals surface area contributed by atoms with E-state index in [0.29, 0.717) is 17.9 Å². The molecule has 1 saturated heterocycles. The lowest BCUT2D eigenvalue weighted by Crippen LogP contribution is -2.52. The third kappa shape index (κ3) is 4.12. The molecule has 0 aromatic heterocycles. The van der Waals surface area contributed by atoms with Crippen LogP contribution in [0.25, 0.3) is 0 Å². The first-order chi connectivity index (χ1) is 8.35. The Morgan fingerprint density at radius 1 is 1.22 bits per heavy atom. The Bertz CT molecular complexity index is 264. The predicted molar refractivity (Wildman–Crippen MR) is 65.4 cm³/mol. The molecule has 18 heavy (non-hydrogen) atoms. The van der Waals surface area contributed by atoms with Gasteiger partial charge in [0, 0.05) is 25.2 Å². The number of hydrogen-bond donors (Lipinski definition) is 1. The molecule has 0 aromatic rings. The van der Waals surface area contributed by atoms with Gasteiger partial charge < -0.3 is 5.32 Å². The van der Waals surface area contributed by atoms with Gasteiger partial charge in [-0.1, -0.05) is 13.8 Å². The van der Waals surface area contributed by atoms with Crippen molar-refractivity contribution in [1.82, 2.24) is 10.2 Å². The average Bonchev–Trinajstić information content (AvgIpc) is 3.08. The van der Waals surface area contributed by atoms with Gasteiger partial charge in [0.05, 0.1) is 6.54 Å². The highest BCUT2D eigenvalue weighted by Crippen LogP contribution is 2.33. The zero-order valence-electron chi connectivity index (χ0n) is 11.1. The maximum atomic E-state index is 12.3. The second-order valence-electron chi connectivity index (χ2n) is 6.12. The predicted octanol–water partition coefficient (Wildman–Crippen LogP) is 2.65. The van der Waals surface area contributed by atoms with Crippen LogP contribution in [0.2, 0.25) is 0 Å². The summed E-state index contributed by atoms with van der Waals surface area (Å²) >= 11 is 0. The Labute approximate surface area is 107 Å². The van der Waals surface area contributed by atoms with Crippen molar-refractivity contribution in [3.63, 3.8) is 0 Å². The maximum absolute atomic E-state index is 12.3. The molecule has 106 valence electrons. The summed E-state index contributed by atoms with van der Waals surface area (Å²) in [5.41, 5.74) is 0. The molecule has 2 unspecified atom stereocenters. The molecule has 2 atom stereocenters. The fourth-order valence-corrected chi connectivity index (χ4v) is 2.80. The van der Waals surface area contributed by atoms with Gasteiger partial charge in [-0.05, 0) is 31.1 Å². The number of nitrogens with one attached hydrogen (secondary N) is 1. The van der Waals surface area contributed by atoms with Gasteiger partial charge >= 0.3 is 6.18 Å². The van der Waals surface area contributed by atoms with Crippen LogP contribution in [0.15, 0.2) is 0 Å². The van der Waals surface area contributed by atoms with Crippen molar-refractivity contribution in [3.8, 4) is 0 Å². The van der Waals surface area contributed by atoms with Crippen molar-refractivity contribution in [2.75, 3.05) is 19.6 Å². The number of piperidine rings is 1. The summed E-state index contributed by atoms with van der Waals surface area (Å²) in [5, 5.41) is 2.69. The Morgan fingerprint density at radius 2 is 1.89 bits per heavy atom. The largest absolute Gasteiger partial charge is 0.401 e. The standard InChI is InChI=1S/C13H23F3N2/c1-9(2)10-5-11(17-8-13(14,15)16)7-18(6-10)12-3-4-12/h9-12,17H,3-8H2,1-2H3. The molecule has 2 nitrogen and oxygen atoms in total. The van der Waals surface area contributed by atoms with Gasteiger partial charge in [-0.2, -0.15) is 13.2 Å². The van der Waals surface area contributed by atoms with E-state index in [4.69, 9.17) is 0 Å². The molecule has 0 aromatic carbocycles. The van der Waals surface area contributed by atoms with Crippen molar-refractivity contribution in [2.24, 2.45) is 11.8 Å². The van der Waals surface area contributed by atoms with Gasteiger partial charge in [0.1, 0.15) is 0 Å². The van der Waals surface area contributed by atoms with Crippen LogP contribution in [0.4, 0.5) is 13.2 Å². The molecule has 0 bridgehead atoms. The van der Waals surface area contributed by atoms with E-state index < -0.39 is 12.7 Å². The fourth-order valence-electron chi connectivity index (χ4n) is 2.80. The van der Waals surface area contributed by atoms with Crippen molar-refractivity contribution < 1.29 is 13.2 Å². The molecule has 1 heterocycles. The zero-order chi connectivity index (χ0) is 13.3. The summed E-state index contributed by atoms with van der Waals surface area (Å²) in [6, 6.07) is 0.634. The quantitative estimate of drug-likeness (QED) is 0.839. The van der Waals surface area contributed by atoms with Crippen LogP contribution in [0.1, 0.15) is 33.1 Å². The van der Waals surface area contributed by atoms with Crippen LogP contribution in [-0.4, -0.2) is 42.8 Å². The van der Waals surface area contributed by atoms with Crippen LogP contribution in [0.5, 0.6) is 0 Å². The van der Waals surface area contributed by atoms with Crippen molar-refractivity contribution in [3.05, 3.63) is 0 Å². The van der Waals surface area contributed by atoms with E-state index >= 15 is 0 Å². The van der Waals surface area contributed by atoms with Crippen LogP contribution >= 0.6 is 0 Å². The number of likely N-dealkylation sites (tertiary alicyclic amines) is 1. The monoisotopic (exact) mass is 264 g/mol. The minimum atomic E-state index is -4.10. The summed E-state index contributed by atoms with van der Waals surface area (Å²) < 4.78 is 36.8. The van der Waals surface area contributed by atoms with E-state index in [-0.39, 0.29) is 6.04 Å². The third-order valence-corrected chi connectivity index (χ3v) is 4.11. The molecule has 1 N–H and O–H groups in total. The first-order valence-electron chi connectivity index (χ1n) is 6.89. The van der Waals surface area contributed by atoms with Crippen LogP contribution in [-0.2, 0) is 0 Å². The van der Waals surface area contributed by atoms with E-state index in [9.17, 15) is 13.2 Å². The highest BCUT2D eigenvalue weighted by atomic mass is 19.4. The normalized spacial score (nSPS) is 31.0. The molecule has 1 saturated carbocycles. The second kappa shape index (κ2) is 5.37. The first kappa shape index (κ1) is 14.1. The fraction of sp³-hybridized carbons (Fsp3) is 1.00. The van der Waals surface area contributed by atoms with Crippen LogP contribution in [0.3, 0.4) is 0 Å². The summed E-state index contributed by atoms with van der Waals surface area (Å²) in [7, 11) is 0. The summed E-state index contributed by atoms with van der Waals surface area (Å²) in [6.45, 7) is 5.32. The average molecular weight is 264 g/mol. The number of nitrogens with zero attached hydrogens (tertiary/aromatic N) is 1. The lowest BCUT2D eigenvalue weighted by molar-refractivity contribution is -0.127. The number of rotatable bonds is 4. The zero-order valence-corrected chi connectivity index (χ0v) is 11.1. The lowest BCUT2D eigenvalue weighted by atomic mass is 9.85. The van der Waals surface area contributed by atoms with E-state index in [2.05, 4.69) is 24.1 Å². The van der Waals surface area contributed by atoms with E-state index in [1.807, 2.05) is 0 Å². The third-order valence-electron chi connectivity index (χ3n) is 4.11. The Hall–Kier alpha value is -0.290. The molecule has 5 heteroatoms. The number of alkyl halides is 3. The smallest absolute Gasteiger partial charge is 0.305 e. The maximum Gasteiger partial charge on any atom is 0.401 e. The van der Waals surface area contributed by atoms with Crippen LogP contribution < -0.4 is 5.32 Å². The SMILES string of the molecule is CC(C)C1CC(NCC(F)(F)F)CN(C2CC2)C1. The Morgan fingerprint density at radius 3 is 2.39 bits per heavy atom. The molecular weight excluding hydrogens is 241 g/mol. The minimum Gasteiger partial charge on any atom is -0.305 e. The highest BCUT2D eigenvalue weighted by molar-refractivity contribution is 4.93. The first-order valence-corrected chi connectivity index (χ1v) is 6.89. The molecule has 0 radical (unpaired) electrons. The van der Waals surface area contributed by atoms with Gasteiger partial charge in [0.15, 0.2) is 0 Å². The molecule has 2 rings (SSSR count). The van der Waals surface area contributed by atoms with Crippen molar-refractivity contribution in [1.29, 1.82) is 0 Å². The second-order valence-corrected chi connectivity index (χ2v) is 6.12. The summed E-state index contributed by atoms with van der Waals surface area (Å²) in [5.74, 6) is 1.06. The van der Waals surface area contributed by atoms with Gasteiger partial charge in [-0.25, -0.2) is 0 Å². The Kier molecular flexibility index (Phi) is 4.22. The molecule has 0 amide bonds. The van der Waals surface area contributed by atoms with Crippen molar-refractivity contribution in [2.45, 2.75) is 51.4 Å². The van der Waals surface area contributed by atoms with E-state index in [1.54, 1.807) is 0 Å². The molecular formula is C13H23F3N2. The summed E-state index contributed by atoms with van der Waals surface area (Å²) in [6.07, 6.45) is -0.792. The minimum absolute atomic E-state index is 0.00613. The molecule has 0 spiro atoms. The topological polar surface area (TPSA) is 15.3 Å². The van der Waals surface area contributed by atoms with Crippen molar-refractivity contribution >= 4 is 0 Å². The number of halogens is 3. The molecule has 1 aliphatic carbocycles. The number of hydrogen-bond acceptors (Lipinski definition) is 2. The molecule has 1 aliphatic heterocycles. The van der Waals surface area contributed by atoms with Crippen LogP contribution in [0, 0.1) is 11.8 Å². The van der Waals surface area contributed by atoms with E-state index in [0.717, 1.165) is 19.5 Å². The van der Waals surface area contributed by atoms with E-state index in [1.165, 1.54) is 12.8 Å². The van der Waals surface area contributed by atoms with Gasteiger partial charge in [-0.15, -0.1) is 0 Å². The Balaban J connectivity index is 1.88. The molecule has 2 aliphatic rings. The molecule has 2 fully saturated rings. The lowest BCUT2D eigenvalue weighted by Gasteiger charge is -2.40. The van der Waals surface area contributed by atoms with Gasteiger partial charge in [0.2, 0.25) is 0 Å². The van der Waals surface area contributed by atoms with Gasteiger partial charge in [-0.3, -0.25) is 4.90 Å². The highest BCUT2D eigenvalue weighted by Gasteiger charge is 2.38. The van der Waals surface area contributed by atoms with Gasteiger partial charge in [0.25, 0.3) is 0 Å². The summed E-state index contributed by atoms with van der Waals surface area (Å²) in [4.78, 5) is 2.39.